The number of carbonyl (C=O) groups excluding carboxylic acids is 1. The zero-order valence-corrected chi connectivity index (χ0v) is 16.7. The summed E-state index contributed by atoms with van der Waals surface area (Å²) in [5.41, 5.74) is 5.22. The van der Waals surface area contributed by atoms with Gasteiger partial charge in [-0.05, 0) is 33.0 Å². The average Bonchev–Trinajstić information content (AvgIpc) is 3.34. The van der Waals surface area contributed by atoms with Crippen molar-refractivity contribution in [1.29, 1.82) is 0 Å². The lowest BCUT2D eigenvalue weighted by atomic mass is 10.1. The number of hydrogen-bond acceptors (Lipinski definition) is 6. The number of rotatable bonds is 5. The van der Waals surface area contributed by atoms with Crippen LogP contribution in [0, 0.1) is 13.8 Å². The molecule has 0 saturated carbocycles. The minimum atomic E-state index is -0.242. The number of amides is 1. The molecule has 3 aromatic heterocycles. The van der Waals surface area contributed by atoms with Gasteiger partial charge in [0, 0.05) is 49.8 Å². The minimum absolute atomic E-state index is 0.242. The van der Waals surface area contributed by atoms with Gasteiger partial charge in [-0.2, -0.15) is 5.10 Å². The topological polar surface area (TPSA) is 89.3 Å². The van der Waals surface area contributed by atoms with Crippen LogP contribution in [-0.2, 0) is 33.0 Å². The maximum atomic E-state index is 12.5. The fourth-order valence-corrected chi connectivity index (χ4v) is 3.72. The summed E-state index contributed by atoms with van der Waals surface area (Å²) in [7, 11) is 4.06. The molecule has 8 nitrogen and oxygen atoms in total. The third kappa shape index (κ3) is 3.47. The van der Waals surface area contributed by atoms with E-state index in [1.165, 1.54) is 11.3 Å². The molecule has 0 radical (unpaired) electrons. The fraction of sp³-hybridized carbons (Fsp3) is 0.450. The van der Waals surface area contributed by atoms with Crippen LogP contribution in [0.25, 0.3) is 0 Å². The molecule has 0 fully saturated rings. The highest BCUT2D eigenvalue weighted by Crippen LogP contribution is 2.22. The third-order valence-corrected chi connectivity index (χ3v) is 5.35. The van der Waals surface area contributed by atoms with Crippen LogP contribution in [0.3, 0.4) is 0 Å². The molecule has 0 atom stereocenters. The molecule has 0 bridgehead atoms. The maximum Gasteiger partial charge on any atom is 0.287 e. The van der Waals surface area contributed by atoms with Gasteiger partial charge in [0.2, 0.25) is 0 Å². The second-order valence-electron chi connectivity index (χ2n) is 7.41. The number of likely N-dealkylation sites (N-methyl/N-ethyl adjacent to an activating group) is 1. The summed E-state index contributed by atoms with van der Waals surface area (Å²) in [4.78, 5) is 14.8. The molecule has 1 aliphatic heterocycles. The van der Waals surface area contributed by atoms with Crippen molar-refractivity contribution in [2.45, 2.75) is 39.8 Å². The Balaban J connectivity index is 1.42. The Morgan fingerprint density at radius 1 is 1.29 bits per heavy atom. The Kier molecular flexibility index (Phi) is 4.80. The summed E-state index contributed by atoms with van der Waals surface area (Å²) in [6.45, 7) is 6.04. The van der Waals surface area contributed by atoms with Gasteiger partial charge in [-0.1, -0.05) is 5.16 Å². The normalized spacial score (nSPS) is 14.3. The average molecular weight is 383 g/mol. The fourth-order valence-electron chi connectivity index (χ4n) is 3.72. The van der Waals surface area contributed by atoms with Crippen molar-refractivity contribution >= 4 is 5.91 Å². The highest BCUT2D eigenvalue weighted by atomic mass is 16.5. The zero-order chi connectivity index (χ0) is 19.8. The van der Waals surface area contributed by atoms with E-state index in [2.05, 4.69) is 27.5 Å². The molecule has 8 heteroatoms. The molecule has 0 unspecified atom stereocenters. The maximum absolute atomic E-state index is 12.5. The molecular formula is C20H25N5O3. The van der Waals surface area contributed by atoms with Gasteiger partial charge in [0.25, 0.3) is 5.91 Å². The van der Waals surface area contributed by atoms with Crippen LogP contribution in [0.15, 0.2) is 21.1 Å². The predicted molar refractivity (Wildman–Crippen MR) is 102 cm³/mol. The smallest absolute Gasteiger partial charge is 0.287 e. The quantitative estimate of drug-likeness (QED) is 0.726. The van der Waals surface area contributed by atoms with Crippen LogP contribution in [-0.4, -0.2) is 39.3 Å². The monoisotopic (exact) mass is 383 g/mol. The predicted octanol–water partition coefficient (Wildman–Crippen LogP) is 2.13. The molecule has 0 aromatic carbocycles. The van der Waals surface area contributed by atoms with Crippen molar-refractivity contribution in [2.24, 2.45) is 7.05 Å². The standard InChI is InChI=1S/C20H25N5O3/c1-12-15(13(2)28-23-12)9-14-5-6-19(27-14)20(26)21-10-17-16-11-24(3)8-7-18(16)25(4)22-17/h5-6H,7-11H2,1-4H3,(H,21,26). The molecule has 4 heterocycles. The van der Waals surface area contributed by atoms with Crippen LogP contribution in [0.5, 0.6) is 0 Å². The van der Waals surface area contributed by atoms with Gasteiger partial charge in [-0.15, -0.1) is 0 Å². The molecular weight excluding hydrogens is 358 g/mol. The van der Waals surface area contributed by atoms with Crippen molar-refractivity contribution in [2.75, 3.05) is 13.6 Å². The highest BCUT2D eigenvalue weighted by molar-refractivity contribution is 5.91. The van der Waals surface area contributed by atoms with Crippen LogP contribution < -0.4 is 5.32 Å². The van der Waals surface area contributed by atoms with Crippen molar-refractivity contribution in [3.8, 4) is 0 Å². The second-order valence-corrected chi connectivity index (χ2v) is 7.41. The van der Waals surface area contributed by atoms with Crippen LogP contribution in [0.2, 0.25) is 0 Å². The molecule has 0 spiro atoms. The number of furan rings is 1. The van der Waals surface area contributed by atoms with E-state index in [0.29, 0.717) is 24.5 Å². The third-order valence-electron chi connectivity index (χ3n) is 5.35. The van der Waals surface area contributed by atoms with Gasteiger partial charge in [-0.25, -0.2) is 0 Å². The molecule has 148 valence electrons. The molecule has 4 rings (SSSR count). The zero-order valence-electron chi connectivity index (χ0n) is 16.7. The minimum Gasteiger partial charge on any atom is -0.456 e. The largest absolute Gasteiger partial charge is 0.456 e. The van der Waals surface area contributed by atoms with Gasteiger partial charge in [-0.3, -0.25) is 9.48 Å². The molecule has 28 heavy (non-hydrogen) atoms. The number of nitrogens with one attached hydrogen (secondary N) is 1. The van der Waals surface area contributed by atoms with E-state index in [1.807, 2.05) is 31.6 Å². The van der Waals surface area contributed by atoms with Crippen molar-refractivity contribution in [3.63, 3.8) is 0 Å². The van der Waals surface area contributed by atoms with E-state index in [-0.39, 0.29) is 5.91 Å². The Morgan fingerprint density at radius 3 is 2.86 bits per heavy atom. The van der Waals surface area contributed by atoms with E-state index in [4.69, 9.17) is 8.94 Å². The molecule has 3 aromatic rings. The summed E-state index contributed by atoms with van der Waals surface area (Å²) >= 11 is 0. The summed E-state index contributed by atoms with van der Waals surface area (Å²) in [6, 6.07) is 3.52. The summed E-state index contributed by atoms with van der Waals surface area (Å²) < 4.78 is 12.8. The van der Waals surface area contributed by atoms with Crippen LogP contribution in [0.1, 0.15) is 50.3 Å². The summed E-state index contributed by atoms with van der Waals surface area (Å²) in [6.07, 6.45) is 1.53. The first-order valence-corrected chi connectivity index (χ1v) is 9.43. The number of carbonyl (C=O) groups is 1. The first-order valence-electron chi connectivity index (χ1n) is 9.43. The molecule has 1 N–H and O–H groups in total. The van der Waals surface area contributed by atoms with Crippen LogP contribution >= 0.6 is 0 Å². The lowest BCUT2D eigenvalue weighted by molar-refractivity contribution is 0.0921. The van der Waals surface area contributed by atoms with Gasteiger partial charge in [0.15, 0.2) is 5.76 Å². The van der Waals surface area contributed by atoms with E-state index >= 15 is 0 Å². The summed E-state index contributed by atoms with van der Waals surface area (Å²) in [5, 5.41) is 11.5. The Bertz CT molecular complexity index is 994. The highest BCUT2D eigenvalue weighted by Gasteiger charge is 2.22. The first kappa shape index (κ1) is 18.5. The second kappa shape index (κ2) is 7.27. The molecule has 0 aliphatic carbocycles. The number of aryl methyl sites for hydroxylation is 3. The van der Waals surface area contributed by atoms with E-state index < -0.39 is 0 Å². The Morgan fingerprint density at radius 2 is 2.11 bits per heavy atom. The van der Waals surface area contributed by atoms with Crippen LogP contribution in [0.4, 0.5) is 0 Å². The summed E-state index contributed by atoms with van der Waals surface area (Å²) in [5.74, 6) is 1.53. The lowest BCUT2D eigenvalue weighted by Gasteiger charge is -2.23. The Labute approximate surface area is 163 Å². The number of nitrogens with zero attached hydrogens (tertiary/aromatic N) is 4. The molecule has 1 aliphatic rings. The number of fused-ring (bicyclic) bond motifs is 1. The van der Waals surface area contributed by atoms with Crippen molar-refractivity contribution in [3.05, 3.63) is 57.6 Å². The molecule has 1 amide bonds. The Hall–Kier alpha value is -2.87. The van der Waals surface area contributed by atoms with Gasteiger partial charge in [0.05, 0.1) is 17.9 Å². The van der Waals surface area contributed by atoms with Gasteiger partial charge in [0.1, 0.15) is 11.5 Å². The van der Waals surface area contributed by atoms with E-state index in [9.17, 15) is 4.79 Å². The molecule has 0 saturated heterocycles. The van der Waals surface area contributed by atoms with Gasteiger partial charge >= 0.3 is 0 Å². The van der Waals surface area contributed by atoms with Crippen molar-refractivity contribution in [1.82, 2.24) is 25.2 Å². The SMILES string of the molecule is Cc1noc(C)c1Cc1ccc(C(=O)NCc2nn(C)c3c2CN(C)CC3)o1. The number of hydrogen-bond donors (Lipinski definition) is 1. The van der Waals surface area contributed by atoms with Crippen molar-refractivity contribution < 1.29 is 13.7 Å². The first-order chi connectivity index (χ1) is 13.4. The van der Waals surface area contributed by atoms with E-state index in [0.717, 1.165) is 42.2 Å². The number of aromatic nitrogens is 3. The van der Waals surface area contributed by atoms with Gasteiger partial charge < -0.3 is 19.2 Å². The van der Waals surface area contributed by atoms with E-state index in [1.54, 1.807) is 6.07 Å². The lowest BCUT2D eigenvalue weighted by Crippen LogP contribution is -2.28.